The van der Waals surface area contributed by atoms with E-state index in [0.29, 0.717) is 6.02 Å². The Morgan fingerprint density at radius 1 is 1.05 bits per heavy atom. The SMILES string of the molecule is CN=C1NNC(c2ccc(B3OC(C)(C)C(C)(C)O3)cc2)O1. The van der Waals surface area contributed by atoms with Crippen molar-refractivity contribution in [1.82, 2.24) is 10.9 Å². The van der Waals surface area contributed by atoms with Crippen LogP contribution in [0.1, 0.15) is 39.5 Å². The molecule has 3 rings (SSSR count). The van der Waals surface area contributed by atoms with Crippen molar-refractivity contribution in [3.8, 4) is 0 Å². The van der Waals surface area contributed by atoms with Gasteiger partial charge in [-0.05, 0) is 33.2 Å². The Morgan fingerprint density at radius 2 is 1.64 bits per heavy atom. The normalized spacial score (nSPS) is 27.8. The highest BCUT2D eigenvalue weighted by atomic mass is 16.7. The van der Waals surface area contributed by atoms with Gasteiger partial charge in [0.25, 0.3) is 0 Å². The van der Waals surface area contributed by atoms with E-state index in [9.17, 15) is 0 Å². The van der Waals surface area contributed by atoms with Crippen molar-refractivity contribution >= 4 is 18.6 Å². The Bertz CT molecular complexity index is 570. The molecule has 2 N–H and O–H groups in total. The molecule has 2 fully saturated rings. The van der Waals surface area contributed by atoms with Gasteiger partial charge in [-0.25, -0.2) is 4.99 Å². The molecule has 6 nitrogen and oxygen atoms in total. The number of aliphatic imine (C=N–C) groups is 1. The van der Waals surface area contributed by atoms with Gasteiger partial charge in [-0.15, -0.1) is 0 Å². The zero-order chi connectivity index (χ0) is 16.0. The van der Waals surface area contributed by atoms with Crippen LogP contribution >= 0.6 is 0 Å². The number of rotatable bonds is 2. The maximum Gasteiger partial charge on any atom is 0.494 e. The summed E-state index contributed by atoms with van der Waals surface area (Å²) in [5, 5.41) is 0. The van der Waals surface area contributed by atoms with Crippen LogP contribution in [0.5, 0.6) is 0 Å². The average Bonchev–Trinajstić information content (AvgIpc) is 3.02. The maximum absolute atomic E-state index is 6.05. The first-order valence-corrected chi connectivity index (χ1v) is 7.43. The monoisotopic (exact) mass is 303 g/mol. The second-order valence-electron chi connectivity index (χ2n) is 6.55. The van der Waals surface area contributed by atoms with Crippen LogP contribution in [0.4, 0.5) is 0 Å². The molecule has 22 heavy (non-hydrogen) atoms. The van der Waals surface area contributed by atoms with Crippen molar-refractivity contribution in [2.75, 3.05) is 7.05 Å². The van der Waals surface area contributed by atoms with E-state index in [1.807, 2.05) is 24.3 Å². The first kappa shape index (κ1) is 15.3. The van der Waals surface area contributed by atoms with Gasteiger partial charge < -0.3 is 14.0 Å². The van der Waals surface area contributed by atoms with Crippen LogP contribution in [0.25, 0.3) is 0 Å². The molecule has 1 unspecified atom stereocenters. The molecular weight excluding hydrogens is 281 g/mol. The lowest BCUT2D eigenvalue weighted by Gasteiger charge is -2.32. The van der Waals surface area contributed by atoms with Crippen molar-refractivity contribution in [1.29, 1.82) is 0 Å². The number of hydrazine groups is 1. The van der Waals surface area contributed by atoms with Gasteiger partial charge in [-0.3, -0.25) is 5.43 Å². The van der Waals surface area contributed by atoms with Crippen LogP contribution in [-0.4, -0.2) is 31.4 Å². The van der Waals surface area contributed by atoms with Crippen LogP contribution in [0.3, 0.4) is 0 Å². The summed E-state index contributed by atoms with van der Waals surface area (Å²) in [5.74, 6) is 0. The third kappa shape index (κ3) is 2.60. The first-order chi connectivity index (χ1) is 10.3. The highest BCUT2D eigenvalue weighted by Crippen LogP contribution is 2.36. The average molecular weight is 303 g/mol. The lowest BCUT2D eigenvalue weighted by molar-refractivity contribution is 0.00578. The van der Waals surface area contributed by atoms with Crippen molar-refractivity contribution in [3.05, 3.63) is 29.8 Å². The molecule has 7 heteroatoms. The molecule has 0 saturated carbocycles. The second-order valence-corrected chi connectivity index (χ2v) is 6.55. The van der Waals surface area contributed by atoms with Gasteiger partial charge in [0, 0.05) is 12.6 Å². The van der Waals surface area contributed by atoms with E-state index < -0.39 is 0 Å². The minimum absolute atomic E-state index is 0.244. The molecule has 2 aliphatic heterocycles. The van der Waals surface area contributed by atoms with Gasteiger partial charge in [0.15, 0.2) is 6.23 Å². The molecule has 1 aromatic carbocycles. The fourth-order valence-corrected chi connectivity index (χ4v) is 2.36. The van der Waals surface area contributed by atoms with Crippen LogP contribution in [0, 0.1) is 0 Å². The Labute approximate surface area is 131 Å². The van der Waals surface area contributed by atoms with E-state index in [1.165, 1.54) is 0 Å². The van der Waals surface area contributed by atoms with Crippen molar-refractivity contribution in [2.24, 2.45) is 4.99 Å². The van der Waals surface area contributed by atoms with Crippen LogP contribution in [0.2, 0.25) is 0 Å². The van der Waals surface area contributed by atoms with Gasteiger partial charge in [-0.2, -0.15) is 5.43 Å². The molecule has 2 heterocycles. The van der Waals surface area contributed by atoms with E-state index in [0.717, 1.165) is 11.0 Å². The predicted octanol–water partition coefficient (Wildman–Crippen LogP) is 1.09. The smallest absolute Gasteiger partial charge is 0.439 e. The maximum atomic E-state index is 6.05. The van der Waals surface area contributed by atoms with Gasteiger partial charge in [-0.1, -0.05) is 24.3 Å². The van der Waals surface area contributed by atoms with Gasteiger partial charge in [0.2, 0.25) is 0 Å². The zero-order valence-electron chi connectivity index (χ0n) is 13.6. The van der Waals surface area contributed by atoms with Crippen LogP contribution in [-0.2, 0) is 14.0 Å². The number of amidine groups is 1. The molecule has 0 aromatic heterocycles. The number of hydrogen-bond donors (Lipinski definition) is 2. The molecule has 118 valence electrons. The first-order valence-electron chi connectivity index (χ1n) is 7.43. The third-order valence-electron chi connectivity index (χ3n) is 4.51. The van der Waals surface area contributed by atoms with E-state index in [1.54, 1.807) is 7.05 Å². The summed E-state index contributed by atoms with van der Waals surface area (Å²) in [7, 11) is 1.33. The molecule has 0 radical (unpaired) electrons. The minimum atomic E-state index is -0.345. The molecule has 0 bridgehead atoms. The Balaban J connectivity index is 1.73. The zero-order valence-corrected chi connectivity index (χ0v) is 13.6. The fraction of sp³-hybridized carbons (Fsp3) is 0.533. The Kier molecular flexibility index (Phi) is 3.67. The summed E-state index contributed by atoms with van der Waals surface area (Å²) in [6.07, 6.45) is -0.244. The fourth-order valence-electron chi connectivity index (χ4n) is 2.36. The summed E-state index contributed by atoms with van der Waals surface area (Å²) in [5.41, 5.74) is 7.24. The van der Waals surface area contributed by atoms with Crippen molar-refractivity contribution in [2.45, 2.75) is 45.1 Å². The van der Waals surface area contributed by atoms with Crippen molar-refractivity contribution in [3.63, 3.8) is 0 Å². The molecule has 2 aliphatic rings. The van der Waals surface area contributed by atoms with Crippen molar-refractivity contribution < 1.29 is 14.0 Å². The van der Waals surface area contributed by atoms with Gasteiger partial charge >= 0.3 is 13.1 Å². The van der Waals surface area contributed by atoms with E-state index in [4.69, 9.17) is 14.0 Å². The Hall–Kier alpha value is -1.57. The summed E-state index contributed by atoms with van der Waals surface area (Å²) >= 11 is 0. The molecule has 0 amide bonds. The summed E-state index contributed by atoms with van der Waals surface area (Å²) in [6, 6.07) is 8.49. The van der Waals surface area contributed by atoms with E-state index in [-0.39, 0.29) is 24.5 Å². The molecular formula is C15H22BN3O3. The third-order valence-corrected chi connectivity index (χ3v) is 4.51. The summed E-state index contributed by atoms with van der Waals surface area (Å²) in [4.78, 5) is 3.96. The number of nitrogens with one attached hydrogen (secondary N) is 2. The molecule has 2 saturated heterocycles. The number of hydrogen-bond acceptors (Lipinski definition) is 5. The second kappa shape index (κ2) is 5.26. The molecule has 1 atom stereocenters. The van der Waals surface area contributed by atoms with Crippen LogP contribution in [0.15, 0.2) is 29.3 Å². The summed E-state index contributed by atoms with van der Waals surface area (Å²) in [6.45, 7) is 8.20. The molecule has 1 aromatic rings. The molecule has 0 aliphatic carbocycles. The molecule has 0 spiro atoms. The standard InChI is InChI=1S/C15H22BN3O3/c1-14(2)15(3,4)22-16(21-14)11-8-6-10(7-9-11)12-18-19-13(17-5)20-12/h6-9,12,18H,1-5H3,(H,17,19). The largest absolute Gasteiger partial charge is 0.494 e. The van der Waals surface area contributed by atoms with Crippen LogP contribution < -0.4 is 16.3 Å². The predicted molar refractivity (Wildman–Crippen MR) is 85.6 cm³/mol. The lowest BCUT2D eigenvalue weighted by Crippen LogP contribution is -2.41. The highest BCUT2D eigenvalue weighted by Gasteiger charge is 2.51. The number of nitrogens with zero attached hydrogens (tertiary/aromatic N) is 1. The van der Waals surface area contributed by atoms with Gasteiger partial charge in [0.05, 0.1) is 11.2 Å². The highest BCUT2D eigenvalue weighted by molar-refractivity contribution is 6.62. The topological polar surface area (TPSA) is 64.1 Å². The summed E-state index contributed by atoms with van der Waals surface area (Å²) < 4.78 is 17.7. The number of benzene rings is 1. The Morgan fingerprint density at radius 3 is 2.14 bits per heavy atom. The number of ether oxygens (including phenoxy) is 1. The lowest BCUT2D eigenvalue weighted by atomic mass is 9.79. The quantitative estimate of drug-likeness (QED) is 0.801. The van der Waals surface area contributed by atoms with E-state index in [2.05, 4.69) is 43.5 Å². The van der Waals surface area contributed by atoms with Gasteiger partial charge in [0.1, 0.15) is 0 Å². The minimum Gasteiger partial charge on any atom is -0.439 e. The van der Waals surface area contributed by atoms with E-state index >= 15 is 0 Å².